The van der Waals surface area contributed by atoms with Crippen LogP contribution in [0.25, 0.3) is 0 Å². The monoisotopic (exact) mass is 250 g/mol. The number of ether oxygens (including phenoxy) is 2. The Bertz CT molecular complexity index is 409. The minimum atomic E-state index is -0.137. The number of nitrogens with two attached hydrogens (primary N) is 1. The fourth-order valence-electron chi connectivity index (χ4n) is 1.74. The van der Waals surface area contributed by atoms with Gasteiger partial charge in [-0.25, -0.2) is 0 Å². The van der Waals surface area contributed by atoms with Crippen LogP contribution in [0.3, 0.4) is 0 Å². The average molecular weight is 250 g/mol. The third kappa shape index (κ3) is 3.37. The second kappa shape index (κ2) is 6.26. The van der Waals surface area contributed by atoms with Gasteiger partial charge in [0.2, 0.25) is 5.91 Å². The maximum Gasteiger partial charge on any atom is 0.220 e. The number of rotatable bonds is 5. The lowest BCUT2D eigenvalue weighted by molar-refractivity contribution is -0.121. The summed E-state index contributed by atoms with van der Waals surface area (Å²) in [6, 6.07) is 7.52. The normalized spacial score (nSPS) is 17.3. The van der Waals surface area contributed by atoms with Gasteiger partial charge in [0.1, 0.15) is 12.7 Å². The summed E-state index contributed by atoms with van der Waals surface area (Å²) in [6.07, 6.45) is 1.03. The number of nitrogens with one attached hydrogen (secondary N) is 1. The SMILES string of the molecule is NCCCC(=O)NCC1COc2ccccc2O1. The van der Waals surface area contributed by atoms with Gasteiger partial charge in [0.05, 0.1) is 6.54 Å². The molecule has 0 bridgehead atoms. The molecule has 0 spiro atoms. The highest BCUT2D eigenvalue weighted by Crippen LogP contribution is 2.30. The minimum absolute atomic E-state index is 0.00269. The molecule has 5 nitrogen and oxygen atoms in total. The molecule has 1 aliphatic rings. The second-order valence-electron chi connectivity index (χ2n) is 4.19. The van der Waals surface area contributed by atoms with E-state index in [0.29, 0.717) is 32.5 Å². The highest BCUT2D eigenvalue weighted by molar-refractivity contribution is 5.75. The van der Waals surface area contributed by atoms with Crippen molar-refractivity contribution in [2.75, 3.05) is 19.7 Å². The van der Waals surface area contributed by atoms with Crippen LogP contribution < -0.4 is 20.5 Å². The van der Waals surface area contributed by atoms with E-state index >= 15 is 0 Å². The Balaban J connectivity index is 1.78. The van der Waals surface area contributed by atoms with E-state index in [1.165, 1.54) is 0 Å². The topological polar surface area (TPSA) is 73.6 Å². The molecule has 18 heavy (non-hydrogen) atoms. The first-order chi connectivity index (χ1) is 8.79. The first-order valence-corrected chi connectivity index (χ1v) is 6.15. The Morgan fingerprint density at radius 3 is 2.94 bits per heavy atom. The van der Waals surface area contributed by atoms with Gasteiger partial charge in [-0.05, 0) is 25.1 Å². The molecule has 1 amide bonds. The molecule has 0 saturated carbocycles. The van der Waals surface area contributed by atoms with Crippen molar-refractivity contribution in [3.05, 3.63) is 24.3 Å². The number of para-hydroxylation sites is 2. The minimum Gasteiger partial charge on any atom is -0.486 e. The lowest BCUT2D eigenvalue weighted by atomic mass is 10.2. The molecule has 2 rings (SSSR count). The summed E-state index contributed by atoms with van der Waals surface area (Å²) >= 11 is 0. The molecule has 0 aromatic heterocycles. The molecule has 1 aromatic rings. The molecule has 0 aliphatic carbocycles. The van der Waals surface area contributed by atoms with E-state index in [0.717, 1.165) is 11.5 Å². The molecule has 1 aromatic carbocycles. The van der Waals surface area contributed by atoms with Gasteiger partial charge >= 0.3 is 0 Å². The van der Waals surface area contributed by atoms with Gasteiger partial charge in [-0.2, -0.15) is 0 Å². The van der Waals surface area contributed by atoms with Crippen LogP contribution in [0.5, 0.6) is 11.5 Å². The lowest BCUT2D eigenvalue weighted by Gasteiger charge is -2.26. The largest absolute Gasteiger partial charge is 0.486 e. The first kappa shape index (κ1) is 12.7. The van der Waals surface area contributed by atoms with Crippen LogP contribution in [0.1, 0.15) is 12.8 Å². The third-order valence-electron chi connectivity index (χ3n) is 2.70. The van der Waals surface area contributed by atoms with Gasteiger partial charge in [-0.15, -0.1) is 0 Å². The number of amides is 1. The van der Waals surface area contributed by atoms with Gasteiger partial charge in [-0.1, -0.05) is 12.1 Å². The third-order valence-corrected chi connectivity index (χ3v) is 2.70. The first-order valence-electron chi connectivity index (χ1n) is 6.15. The molecule has 1 unspecified atom stereocenters. The fraction of sp³-hybridized carbons (Fsp3) is 0.462. The Hall–Kier alpha value is -1.75. The van der Waals surface area contributed by atoms with Crippen LogP contribution in [0.15, 0.2) is 24.3 Å². The van der Waals surface area contributed by atoms with Crippen LogP contribution in [0.4, 0.5) is 0 Å². The second-order valence-corrected chi connectivity index (χ2v) is 4.19. The smallest absolute Gasteiger partial charge is 0.220 e. The standard InChI is InChI=1S/C13H18N2O3/c14-7-3-6-13(16)15-8-10-9-17-11-4-1-2-5-12(11)18-10/h1-2,4-5,10H,3,6-9,14H2,(H,15,16). The zero-order chi connectivity index (χ0) is 12.8. The van der Waals surface area contributed by atoms with Crippen molar-refractivity contribution in [2.45, 2.75) is 18.9 Å². The molecule has 1 aliphatic heterocycles. The van der Waals surface area contributed by atoms with E-state index in [4.69, 9.17) is 15.2 Å². The van der Waals surface area contributed by atoms with Crippen LogP contribution in [0, 0.1) is 0 Å². The molecule has 3 N–H and O–H groups in total. The number of fused-ring (bicyclic) bond motifs is 1. The van der Waals surface area contributed by atoms with Gasteiger partial charge in [0.25, 0.3) is 0 Å². The molecule has 98 valence electrons. The summed E-state index contributed by atoms with van der Waals surface area (Å²) in [5.74, 6) is 1.48. The molecule has 0 radical (unpaired) electrons. The van der Waals surface area contributed by atoms with Crippen LogP contribution in [0.2, 0.25) is 0 Å². The van der Waals surface area contributed by atoms with Crippen molar-refractivity contribution in [1.29, 1.82) is 0 Å². The molecule has 0 fully saturated rings. The van der Waals surface area contributed by atoms with E-state index in [1.807, 2.05) is 24.3 Å². The van der Waals surface area contributed by atoms with Crippen molar-refractivity contribution < 1.29 is 14.3 Å². The van der Waals surface area contributed by atoms with Gasteiger partial charge in [0, 0.05) is 6.42 Å². The quantitative estimate of drug-likeness (QED) is 0.806. The zero-order valence-electron chi connectivity index (χ0n) is 10.2. The summed E-state index contributed by atoms with van der Waals surface area (Å²) < 4.78 is 11.3. The number of benzene rings is 1. The van der Waals surface area contributed by atoms with Crippen molar-refractivity contribution in [2.24, 2.45) is 5.73 Å². The van der Waals surface area contributed by atoms with Gasteiger partial charge in [-0.3, -0.25) is 4.79 Å². The van der Waals surface area contributed by atoms with Crippen molar-refractivity contribution in [1.82, 2.24) is 5.32 Å². The van der Waals surface area contributed by atoms with Crippen molar-refractivity contribution in [3.8, 4) is 11.5 Å². The predicted molar refractivity (Wildman–Crippen MR) is 67.7 cm³/mol. The van der Waals surface area contributed by atoms with Crippen LogP contribution in [-0.4, -0.2) is 31.7 Å². The fourth-order valence-corrected chi connectivity index (χ4v) is 1.74. The zero-order valence-corrected chi connectivity index (χ0v) is 10.2. The highest BCUT2D eigenvalue weighted by Gasteiger charge is 2.20. The average Bonchev–Trinajstić information content (AvgIpc) is 2.42. The van der Waals surface area contributed by atoms with Crippen LogP contribution >= 0.6 is 0 Å². The van der Waals surface area contributed by atoms with Crippen molar-refractivity contribution in [3.63, 3.8) is 0 Å². The maximum atomic E-state index is 11.4. The van der Waals surface area contributed by atoms with E-state index < -0.39 is 0 Å². The van der Waals surface area contributed by atoms with E-state index in [1.54, 1.807) is 0 Å². The Morgan fingerprint density at radius 2 is 2.17 bits per heavy atom. The number of carbonyl (C=O) groups excluding carboxylic acids is 1. The Morgan fingerprint density at radius 1 is 1.39 bits per heavy atom. The van der Waals surface area contributed by atoms with E-state index in [9.17, 15) is 4.79 Å². The van der Waals surface area contributed by atoms with Gasteiger partial charge < -0.3 is 20.5 Å². The molecular formula is C13H18N2O3. The summed E-state index contributed by atoms with van der Waals surface area (Å²) in [5, 5.41) is 2.82. The highest BCUT2D eigenvalue weighted by atomic mass is 16.6. The molecule has 1 atom stereocenters. The Kier molecular flexibility index (Phi) is 4.41. The molecule has 5 heteroatoms. The van der Waals surface area contributed by atoms with E-state index in [2.05, 4.69) is 5.32 Å². The predicted octanol–water partition coefficient (Wildman–Crippen LogP) is 0.682. The summed E-state index contributed by atoms with van der Waals surface area (Å²) in [6.45, 7) is 1.44. The Labute approximate surface area is 106 Å². The molecule has 1 heterocycles. The summed E-state index contributed by atoms with van der Waals surface area (Å²) in [4.78, 5) is 11.4. The number of carbonyl (C=O) groups is 1. The maximum absolute atomic E-state index is 11.4. The molecular weight excluding hydrogens is 232 g/mol. The van der Waals surface area contributed by atoms with Crippen LogP contribution in [-0.2, 0) is 4.79 Å². The summed E-state index contributed by atoms with van der Waals surface area (Å²) in [7, 11) is 0. The van der Waals surface area contributed by atoms with Gasteiger partial charge in [0.15, 0.2) is 11.5 Å². The summed E-state index contributed by atoms with van der Waals surface area (Å²) in [5.41, 5.74) is 5.34. The number of hydrogen-bond donors (Lipinski definition) is 2. The van der Waals surface area contributed by atoms with Crippen molar-refractivity contribution >= 4 is 5.91 Å². The molecule has 0 saturated heterocycles. The number of hydrogen-bond acceptors (Lipinski definition) is 4. The van der Waals surface area contributed by atoms with E-state index in [-0.39, 0.29) is 12.0 Å². The lowest BCUT2D eigenvalue weighted by Crippen LogP contribution is -2.40.